The van der Waals surface area contributed by atoms with Crippen molar-refractivity contribution in [1.29, 1.82) is 0 Å². The number of ether oxygens (including phenoxy) is 4. The largest absolute Gasteiger partial charge is 0.497 e. The van der Waals surface area contributed by atoms with Gasteiger partial charge >= 0.3 is 0 Å². The van der Waals surface area contributed by atoms with E-state index in [1.807, 2.05) is 36.4 Å². The maximum absolute atomic E-state index is 6.06. The van der Waals surface area contributed by atoms with Crippen molar-refractivity contribution in [2.75, 3.05) is 59.1 Å². The number of methoxy groups -OCH3 is 2. The van der Waals surface area contributed by atoms with Crippen molar-refractivity contribution in [3.05, 3.63) is 48.3 Å². The minimum atomic E-state index is 0.589. The van der Waals surface area contributed by atoms with Gasteiger partial charge in [-0.15, -0.1) is 0 Å². The van der Waals surface area contributed by atoms with Gasteiger partial charge in [0.05, 0.1) is 45.8 Å². The van der Waals surface area contributed by atoms with Gasteiger partial charge in [0.1, 0.15) is 12.1 Å². The summed E-state index contributed by atoms with van der Waals surface area (Å²) in [6.07, 6.45) is 4.14. The predicted octanol–water partition coefficient (Wildman–Crippen LogP) is 3.19. The number of hydrogen-bond acceptors (Lipinski definition) is 9. The molecule has 0 aliphatic carbocycles. The van der Waals surface area contributed by atoms with Gasteiger partial charge in [-0.25, -0.2) is 9.97 Å². The maximum Gasteiger partial charge on any atom is 0.162 e. The van der Waals surface area contributed by atoms with Crippen molar-refractivity contribution in [2.45, 2.75) is 6.42 Å². The minimum absolute atomic E-state index is 0.589. The molecule has 1 aliphatic heterocycles. The second-order valence-electron chi connectivity index (χ2n) is 7.54. The lowest BCUT2D eigenvalue weighted by molar-refractivity contribution is 0.0357. The van der Waals surface area contributed by atoms with E-state index in [1.165, 1.54) is 6.33 Å². The first-order valence-corrected chi connectivity index (χ1v) is 11.0. The van der Waals surface area contributed by atoms with Crippen LogP contribution in [0, 0.1) is 0 Å². The molecule has 0 saturated carbocycles. The van der Waals surface area contributed by atoms with E-state index in [0.29, 0.717) is 23.9 Å². The fourth-order valence-electron chi connectivity index (χ4n) is 3.58. The lowest BCUT2D eigenvalue weighted by atomic mass is 10.2. The average molecular weight is 452 g/mol. The van der Waals surface area contributed by atoms with Gasteiger partial charge in [-0.2, -0.15) is 5.10 Å². The van der Waals surface area contributed by atoms with Crippen molar-refractivity contribution in [2.24, 2.45) is 5.10 Å². The van der Waals surface area contributed by atoms with Crippen LogP contribution in [0.5, 0.6) is 17.2 Å². The van der Waals surface area contributed by atoms with Crippen LogP contribution >= 0.6 is 0 Å². The first kappa shape index (κ1) is 22.8. The summed E-state index contributed by atoms with van der Waals surface area (Å²) >= 11 is 0. The van der Waals surface area contributed by atoms with Crippen molar-refractivity contribution < 1.29 is 18.9 Å². The molecule has 1 aliphatic rings. The molecular formula is C24H29N5O4. The summed E-state index contributed by atoms with van der Waals surface area (Å²) in [6, 6.07) is 11.4. The summed E-state index contributed by atoms with van der Waals surface area (Å²) in [6.45, 7) is 5.12. The predicted molar refractivity (Wildman–Crippen MR) is 128 cm³/mol. The third kappa shape index (κ3) is 6.09. The molecule has 0 atom stereocenters. The Hall–Kier alpha value is -3.43. The minimum Gasteiger partial charge on any atom is -0.497 e. The van der Waals surface area contributed by atoms with E-state index in [4.69, 9.17) is 18.9 Å². The van der Waals surface area contributed by atoms with Gasteiger partial charge in [0.15, 0.2) is 17.3 Å². The molecule has 33 heavy (non-hydrogen) atoms. The molecule has 1 saturated heterocycles. The number of fused-ring (bicyclic) bond motifs is 1. The zero-order chi connectivity index (χ0) is 22.9. The number of rotatable bonds is 10. The summed E-state index contributed by atoms with van der Waals surface area (Å²) in [5, 5.41) is 5.12. The first-order chi connectivity index (χ1) is 16.3. The molecule has 1 fully saturated rings. The Labute approximate surface area is 193 Å². The van der Waals surface area contributed by atoms with Gasteiger partial charge in [-0.1, -0.05) is 0 Å². The fraction of sp³-hybridized carbons (Fsp3) is 0.375. The molecule has 0 bridgehead atoms. The van der Waals surface area contributed by atoms with E-state index in [2.05, 4.69) is 25.4 Å². The molecule has 0 unspecified atom stereocenters. The van der Waals surface area contributed by atoms with Gasteiger partial charge < -0.3 is 18.9 Å². The van der Waals surface area contributed by atoms with Crippen LogP contribution in [0.25, 0.3) is 10.9 Å². The number of anilines is 1. The van der Waals surface area contributed by atoms with Crippen LogP contribution in [-0.4, -0.2) is 74.8 Å². The van der Waals surface area contributed by atoms with Gasteiger partial charge in [0.25, 0.3) is 0 Å². The van der Waals surface area contributed by atoms with Crippen LogP contribution in [0.15, 0.2) is 47.8 Å². The molecule has 1 aromatic heterocycles. The molecule has 4 rings (SSSR count). The highest BCUT2D eigenvalue weighted by Crippen LogP contribution is 2.34. The van der Waals surface area contributed by atoms with Gasteiger partial charge in [-0.05, 0) is 42.3 Å². The van der Waals surface area contributed by atoms with Gasteiger partial charge in [-0.3, -0.25) is 10.3 Å². The number of hydrogen-bond donors (Lipinski definition) is 1. The normalized spacial score (nSPS) is 14.5. The SMILES string of the molecule is COc1ccc(/C=N/Nc2ncnc3cc(OC)c(OCCCN4CCOCC4)cc23)cc1. The second-order valence-corrected chi connectivity index (χ2v) is 7.54. The summed E-state index contributed by atoms with van der Waals surface area (Å²) in [5.74, 6) is 2.68. The van der Waals surface area contributed by atoms with Gasteiger partial charge in [0.2, 0.25) is 0 Å². The Morgan fingerprint density at radius 3 is 2.64 bits per heavy atom. The fourth-order valence-corrected chi connectivity index (χ4v) is 3.58. The van der Waals surface area contributed by atoms with Crippen LogP contribution in [0.4, 0.5) is 5.82 Å². The Bertz CT molecular complexity index is 1070. The molecule has 0 radical (unpaired) electrons. The molecular weight excluding hydrogens is 422 g/mol. The Kier molecular flexibility index (Phi) is 7.89. The monoisotopic (exact) mass is 451 g/mol. The highest BCUT2D eigenvalue weighted by molar-refractivity contribution is 5.92. The van der Waals surface area contributed by atoms with Crippen molar-refractivity contribution in [1.82, 2.24) is 14.9 Å². The molecule has 9 nitrogen and oxygen atoms in total. The molecule has 3 aromatic rings. The third-order valence-electron chi connectivity index (χ3n) is 5.40. The molecule has 9 heteroatoms. The average Bonchev–Trinajstić information content (AvgIpc) is 2.87. The number of nitrogens with zero attached hydrogens (tertiary/aromatic N) is 4. The van der Waals surface area contributed by atoms with E-state index in [9.17, 15) is 0 Å². The van der Waals surface area contributed by atoms with Crippen molar-refractivity contribution in [3.63, 3.8) is 0 Å². The van der Waals surface area contributed by atoms with Crippen LogP contribution in [-0.2, 0) is 4.74 Å². The molecule has 0 amide bonds. The molecule has 174 valence electrons. The topological polar surface area (TPSA) is 90.3 Å². The smallest absolute Gasteiger partial charge is 0.162 e. The van der Waals surface area contributed by atoms with Crippen LogP contribution in [0.3, 0.4) is 0 Å². The summed E-state index contributed by atoms with van der Waals surface area (Å²) < 4.78 is 22.2. The van der Waals surface area contributed by atoms with E-state index in [1.54, 1.807) is 20.4 Å². The summed E-state index contributed by atoms with van der Waals surface area (Å²) in [7, 11) is 3.27. The lowest BCUT2D eigenvalue weighted by Crippen LogP contribution is -2.37. The Balaban J connectivity index is 1.43. The van der Waals surface area contributed by atoms with Gasteiger partial charge in [0, 0.05) is 31.1 Å². The summed E-state index contributed by atoms with van der Waals surface area (Å²) in [4.78, 5) is 11.1. The highest BCUT2D eigenvalue weighted by atomic mass is 16.5. The Morgan fingerprint density at radius 2 is 1.88 bits per heavy atom. The van der Waals surface area contributed by atoms with Crippen LogP contribution in [0.1, 0.15) is 12.0 Å². The maximum atomic E-state index is 6.06. The summed E-state index contributed by atoms with van der Waals surface area (Å²) in [5.41, 5.74) is 4.69. The van der Waals surface area contributed by atoms with E-state index in [-0.39, 0.29) is 0 Å². The Morgan fingerprint density at radius 1 is 1.06 bits per heavy atom. The number of benzene rings is 2. The molecule has 2 aromatic carbocycles. The van der Waals surface area contributed by atoms with E-state index >= 15 is 0 Å². The zero-order valence-electron chi connectivity index (χ0n) is 19.0. The van der Waals surface area contributed by atoms with Crippen LogP contribution in [0.2, 0.25) is 0 Å². The molecule has 1 N–H and O–H groups in total. The second kappa shape index (κ2) is 11.4. The highest BCUT2D eigenvalue weighted by Gasteiger charge is 2.13. The van der Waals surface area contributed by atoms with E-state index < -0.39 is 0 Å². The molecule has 2 heterocycles. The van der Waals surface area contributed by atoms with Crippen molar-refractivity contribution in [3.8, 4) is 17.2 Å². The standard InChI is InChI=1S/C24H29N5O4/c1-30-19-6-4-18(5-7-19)16-27-28-24-20-14-23(22(31-2)15-21(20)25-17-26-24)33-11-3-8-29-9-12-32-13-10-29/h4-7,14-17H,3,8-13H2,1-2H3,(H,25,26,28)/b27-16+. The number of aromatic nitrogens is 2. The zero-order valence-corrected chi connectivity index (χ0v) is 19.0. The first-order valence-electron chi connectivity index (χ1n) is 11.0. The number of morpholine rings is 1. The van der Waals surface area contributed by atoms with Crippen LogP contribution < -0.4 is 19.6 Å². The third-order valence-corrected chi connectivity index (χ3v) is 5.40. The lowest BCUT2D eigenvalue weighted by Gasteiger charge is -2.26. The van der Waals surface area contributed by atoms with E-state index in [0.717, 1.165) is 61.5 Å². The van der Waals surface area contributed by atoms with Crippen molar-refractivity contribution >= 4 is 22.9 Å². The quantitative estimate of drug-likeness (QED) is 0.286. The molecule has 0 spiro atoms. The number of hydrazone groups is 1. The number of nitrogens with one attached hydrogen (secondary N) is 1.